The molecule has 94 valence electrons. The van der Waals surface area contributed by atoms with Crippen molar-refractivity contribution in [3.8, 4) is 5.75 Å². The highest BCUT2D eigenvalue weighted by molar-refractivity contribution is 9.09. The number of aryl methyl sites for hydroxylation is 1. The molecule has 0 radical (unpaired) electrons. The number of halogens is 1. The maximum Gasteiger partial charge on any atom is 0.119 e. The normalized spacial score (nSPS) is 12.2. The Kier molecular flexibility index (Phi) is 4.43. The van der Waals surface area contributed by atoms with Crippen LogP contribution < -0.4 is 4.74 Å². The second-order valence-electron chi connectivity index (χ2n) is 4.43. The van der Waals surface area contributed by atoms with Gasteiger partial charge in [0.25, 0.3) is 0 Å². The van der Waals surface area contributed by atoms with E-state index in [0.29, 0.717) is 4.83 Å². The summed E-state index contributed by atoms with van der Waals surface area (Å²) < 4.78 is 5.25. The number of benzene rings is 2. The minimum atomic E-state index is 0.315. The molecule has 0 aliphatic carbocycles. The highest BCUT2D eigenvalue weighted by atomic mass is 79.9. The topological polar surface area (TPSA) is 9.23 Å². The van der Waals surface area contributed by atoms with Crippen LogP contribution in [0.25, 0.3) is 0 Å². The average molecular weight is 305 g/mol. The van der Waals surface area contributed by atoms with Crippen molar-refractivity contribution >= 4 is 15.9 Å². The van der Waals surface area contributed by atoms with Gasteiger partial charge in [0.05, 0.1) is 7.11 Å². The number of hydrogen-bond donors (Lipinski definition) is 0. The molecule has 2 aromatic rings. The molecule has 0 fully saturated rings. The molecule has 0 N–H and O–H groups in total. The van der Waals surface area contributed by atoms with E-state index in [2.05, 4.69) is 59.3 Å². The first-order chi connectivity index (χ1) is 8.69. The summed E-state index contributed by atoms with van der Waals surface area (Å²) in [5.41, 5.74) is 3.88. The fourth-order valence-corrected chi connectivity index (χ4v) is 2.54. The van der Waals surface area contributed by atoms with Gasteiger partial charge in [-0.3, -0.25) is 0 Å². The van der Waals surface area contributed by atoms with E-state index in [1.807, 2.05) is 12.1 Å². The number of methoxy groups -OCH3 is 1. The van der Waals surface area contributed by atoms with Crippen LogP contribution in [0.15, 0.2) is 48.5 Å². The summed E-state index contributed by atoms with van der Waals surface area (Å²) >= 11 is 3.75. The number of rotatable bonds is 4. The van der Waals surface area contributed by atoms with Gasteiger partial charge in [-0.15, -0.1) is 0 Å². The molecule has 2 rings (SSSR count). The standard InChI is InChI=1S/C16H17BrO/c1-12-6-8-13(9-7-12)10-16(17)14-4-3-5-15(11-14)18-2/h3-9,11,16H,10H2,1-2H3. The van der Waals surface area contributed by atoms with Crippen molar-refractivity contribution in [3.05, 3.63) is 65.2 Å². The Morgan fingerprint density at radius 3 is 2.50 bits per heavy atom. The van der Waals surface area contributed by atoms with E-state index in [1.54, 1.807) is 7.11 Å². The highest BCUT2D eigenvalue weighted by Gasteiger charge is 2.09. The Morgan fingerprint density at radius 1 is 1.11 bits per heavy atom. The van der Waals surface area contributed by atoms with Crippen LogP contribution in [0.5, 0.6) is 5.75 Å². The zero-order valence-electron chi connectivity index (χ0n) is 10.7. The van der Waals surface area contributed by atoms with Gasteiger partial charge in [-0.2, -0.15) is 0 Å². The number of alkyl halides is 1. The SMILES string of the molecule is COc1cccc(C(Br)Cc2ccc(C)cc2)c1. The van der Waals surface area contributed by atoms with Gasteiger partial charge in [-0.05, 0) is 36.6 Å². The van der Waals surface area contributed by atoms with Crippen molar-refractivity contribution in [1.82, 2.24) is 0 Å². The molecule has 0 heterocycles. The van der Waals surface area contributed by atoms with Gasteiger partial charge in [0.15, 0.2) is 0 Å². The third-order valence-corrected chi connectivity index (χ3v) is 3.84. The lowest BCUT2D eigenvalue weighted by atomic mass is 10.0. The van der Waals surface area contributed by atoms with Gasteiger partial charge in [0, 0.05) is 4.83 Å². The van der Waals surface area contributed by atoms with Crippen LogP contribution in [0, 0.1) is 6.92 Å². The molecule has 0 bridgehead atoms. The van der Waals surface area contributed by atoms with Gasteiger partial charge in [0.1, 0.15) is 5.75 Å². The molecule has 0 aliphatic heterocycles. The first-order valence-corrected chi connectivity index (χ1v) is 6.94. The van der Waals surface area contributed by atoms with E-state index in [9.17, 15) is 0 Å². The zero-order valence-corrected chi connectivity index (χ0v) is 12.3. The third-order valence-electron chi connectivity index (χ3n) is 2.99. The smallest absolute Gasteiger partial charge is 0.119 e. The van der Waals surface area contributed by atoms with Crippen molar-refractivity contribution in [2.75, 3.05) is 7.11 Å². The molecular formula is C16H17BrO. The van der Waals surface area contributed by atoms with Crippen LogP contribution in [0.4, 0.5) is 0 Å². The zero-order chi connectivity index (χ0) is 13.0. The summed E-state index contributed by atoms with van der Waals surface area (Å²) in [5, 5.41) is 0. The summed E-state index contributed by atoms with van der Waals surface area (Å²) in [4.78, 5) is 0.315. The number of hydrogen-bond acceptors (Lipinski definition) is 1. The lowest BCUT2D eigenvalue weighted by Gasteiger charge is -2.11. The second kappa shape index (κ2) is 6.05. The van der Waals surface area contributed by atoms with Gasteiger partial charge >= 0.3 is 0 Å². The van der Waals surface area contributed by atoms with Gasteiger partial charge < -0.3 is 4.74 Å². The molecule has 0 aliphatic rings. The quantitative estimate of drug-likeness (QED) is 0.745. The minimum absolute atomic E-state index is 0.315. The van der Waals surface area contributed by atoms with E-state index >= 15 is 0 Å². The molecule has 2 aromatic carbocycles. The molecule has 0 aromatic heterocycles. The van der Waals surface area contributed by atoms with Crippen molar-refractivity contribution in [2.24, 2.45) is 0 Å². The molecule has 0 saturated carbocycles. The van der Waals surface area contributed by atoms with Crippen molar-refractivity contribution < 1.29 is 4.74 Å². The summed E-state index contributed by atoms with van der Waals surface area (Å²) in [6.07, 6.45) is 0.980. The van der Waals surface area contributed by atoms with Crippen molar-refractivity contribution in [3.63, 3.8) is 0 Å². The van der Waals surface area contributed by atoms with Crippen LogP contribution in [-0.2, 0) is 6.42 Å². The van der Waals surface area contributed by atoms with Crippen molar-refractivity contribution in [1.29, 1.82) is 0 Å². The van der Waals surface area contributed by atoms with Crippen LogP contribution in [-0.4, -0.2) is 7.11 Å². The lowest BCUT2D eigenvalue weighted by molar-refractivity contribution is 0.414. The van der Waals surface area contributed by atoms with E-state index in [0.717, 1.165) is 12.2 Å². The molecular weight excluding hydrogens is 288 g/mol. The molecule has 0 saturated heterocycles. The maximum atomic E-state index is 5.25. The lowest BCUT2D eigenvalue weighted by Crippen LogP contribution is -1.96. The Balaban J connectivity index is 2.11. The van der Waals surface area contributed by atoms with E-state index < -0.39 is 0 Å². The van der Waals surface area contributed by atoms with Gasteiger partial charge in [-0.25, -0.2) is 0 Å². The Labute approximate surface area is 117 Å². The molecule has 0 amide bonds. The van der Waals surface area contributed by atoms with Gasteiger partial charge in [-0.1, -0.05) is 57.9 Å². The maximum absolute atomic E-state index is 5.25. The molecule has 1 unspecified atom stereocenters. The monoisotopic (exact) mass is 304 g/mol. The summed E-state index contributed by atoms with van der Waals surface area (Å²) in [6, 6.07) is 16.9. The first-order valence-electron chi connectivity index (χ1n) is 6.02. The van der Waals surface area contributed by atoms with E-state index in [4.69, 9.17) is 4.74 Å². The van der Waals surface area contributed by atoms with E-state index in [1.165, 1.54) is 16.7 Å². The predicted molar refractivity (Wildman–Crippen MR) is 79.5 cm³/mol. The predicted octanol–water partition coefficient (Wildman–Crippen LogP) is 4.68. The molecule has 2 heteroatoms. The molecule has 1 nitrogen and oxygen atoms in total. The van der Waals surface area contributed by atoms with Gasteiger partial charge in [0.2, 0.25) is 0 Å². The summed E-state index contributed by atoms with van der Waals surface area (Å²) in [5.74, 6) is 0.904. The fourth-order valence-electron chi connectivity index (χ4n) is 1.89. The Hall–Kier alpha value is -1.28. The fraction of sp³-hybridized carbons (Fsp3) is 0.250. The second-order valence-corrected chi connectivity index (χ2v) is 5.54. The highest BCUT2D eigenvalue weighted by Crippen LogP contribution is 2.29. The van der Waals surface area contributed by atoms with Crippen LogP contribution in [0.1, 0.15) is 21.5 Å². The van der Waals surface area contributed by atoms with Crippen molar-refractivity contribution in [2.45, 2.75) is 18.2 Å². The first kappa shape index (κ1) is 13.2. The average Bonchev–Trinajstić information content (AvgIpc) is 2.41. The largest absolute Gasteiger partial charge is 0.497 e. The Morgan fingerprint density at radius 2 is 1.83 bits per heavy atom. The molecule has 0 spiro atoms. The third kappa shape index (κ3) is 3.36. The van der Waals surface area contributed by atoms with Crippen LogP contribution >= 0.6 is 15.9 Å². The molecule has 18 heavy (non-hydrogen) atoms. The minimum Gasteiger partial charge on any atom is -0.497 e. The molecule has 1 atom stereocenters. The summed E-state index contributed by atoms with van der Waals surface area (Å²) in [7, 11) is 1.70. The Bertz CT molecular complexity index is 505. The summed E-state index contributed by atoms with van der Waals surface area (Å²) in [6.45, 7) is 2.11. The van der Waals surface area contributed by atoms with Crippen LogP contribution in [0.3, 0.4) is 0 Å². The van der Waals surface area contributed by atoms with Crippen LogP contribution in [0.2, 0.25) is 0 Å². The number of ether oxygens (including phenoxy) is 1. The van der Waals surface area contributed by atoms with E-state index in [-0.39, 0.29) is 0 Å².